The fourth-order valence-corrected chi connectivity index (χ4v) is 8.29. The van der Waals surface area contributed by atoms with Crippen molar-refractivity contribution in [3.63, 3.8) is 0 Å². The Morgan fingerprint density at radius 2 is 0.875 bits per heavy atom. The van der Waals surface area contributed by atoms with Crippen molar-refractivity contribution in [2.45, 2.75) is 62.2 Å². The van der Waals surface area contributed by atoms with Gasteiger partial charge in [-0.3, -0.25) is 9.44 Å². The number of alkyl halides is 4. The Morgan fingerprint density at radius 3 is 1.16 bits per heavy atom. The first-order valence-electron chi connectivity index (χ1n) is 18.2. The molecule has 0 unspecified atom stereocenters. The molecule has 2 aromatic carbocycles. The highest BCUT2D eigenvalue weighted by Crippen LogP contribution is 2.28. The zero-order chi connectivity index (χ0) is 40.6. The third-order valence-electron chi connectivity index (χ3n) is 9.70. The van der Waals surface area contributed by atoms with E-state index in [1.54, 1.807) is 38.1 Å². The summed E-state index contributed by atoms with van der Waals surface area (Å²) in [5.74, 6) is -0.276. The van der Waals surface area contributed by atoms with Crippen LogP contribution in [0.15, 0.2) is 82.6 Å². The lowest BCUT2D eigenvalue weighted by molar-refractivity contribution is 0.120. The highest BCUT2D eigenvalue weighted by molar-refractivity contribution is 7.93. The molecule has 2 atom stereocenters. The topological polar surface area (TPSA) is 149 Å². The summed E-state index contributed by atoms with van der Waals surface area (Å²) < 4.78 is 107. The molecule has 12 nitrogen and oxygen atoms in total. The van der Waals surface area contributed by atoms with E-state index < -0.39 is 44.7 Å². The standard InChI is InChI=1S/2C19H24F2N4O2S/c2*1-13(19(20)21)15-3-5-16(6-4-15)28(26,27)24-17-7-8-18(23-14(17)2)25-11-9-22-10-12-25/h2*3-8,13,19,22,24H,9-12H2,1-2H3/t2*13-/m10/s1. The molecule has 0 aliphatic carbocycles. The Balaban J connectivity index is 0.000000214. The summed E-state index contributed by atoms with van der Waals surface area (Å²) in [6.45, 7) is 13.2. The van der Waals surface area contributed by atoms with Crippen LogP contribution in [0.5, 0.6) is 0 Å². The van der Waals surface area contributed by atoms with Crippen molar-refractivity contribution in [2.24, 2.45) is 0 Å². The van der Waals surface area contributed by atoms with E-state index in [-0.39, 0.29) is 9.79 Å². The average molecular weight is 821 g/mol. The molecule has 18 heteroatoms. The summed E-state index contributed by atoms with van der Waals surface area (Å²) in [6.07, 6.45) is -4.99. The van der Waals surface area contributed by atoms with Gasteiger partial charge in [0.25, 0.3) is 20.0 Å². The molecule has 0 amide bonds. The first kappa shape index (κ1) is 42.6. The van der Waals surface area contributed by atoms with Gasteiger partial charge in [0.1, 0.15) is 11.6 Å². The van der Waals surface area contributed by atoms with E-state index in [0.29, 0.717) is 33.9 Å². The van der Waals surface area contributed by atoms with Gasteiger partial charge >= 0.3 is 0 Å². The molecule has 56 heavy (non-hydrogen) atoms. The number of pyridine rings is 2. The molecule has 2 saturated heterocycles. The first-order chi connectivity index (χ1) is 26.6. The second kappa shape index (κ2) is 18.6. The van der Waals surface area contributed by atoms with Gasteiger partial charge in [-0.2, -0.15) is 0 Å². The number of piperazine rings is 2. The number of nitrogens with one attached hydrogen (secondary N) is 4. The highest BCUT2D eigenvalue weighted by atomic mass is 32.2. The van der Waals surface area contributed by atoms with Gasteiger partial charge in [0, 0.05) is 64.2 Å². The molecule has 0 bridgehead atoms. The second-order valence-electron chi connectivity index (χ2n) is 13.7. The number of halogens is 4. The van der Waals surface area contributed by atoms with Gasteiger partial charge < -0.3 is 20.4 Å². The van der Waals surface area contributed by atoms with Crippen LogP contribution >= 0.6 is 0 Å². The normalized spacial score (nSPS) is 16.2. The van der Waals surface area contributed by atoms with Gasteiger partial charge in [-0.25, -0.2) is 44.4 Å². The molecule has 4 heterocycles. The Bertz CT molecular complexity index is 1980. The predicted octanol–water partition coefficient (Wildman–Crippen LogP) is 5.94. The van der Waals surface area contributed by atoms with Crippen LogP contribution in [0.3, 0.4) is 0 Å². The van der Waals surface area contributed by atoms with Crippen molar-refractivity contribution in [3.8, 4) is 0 Å². The first-order valence-corrected chi connectivity index (χ1v) is 21.2. The van der Waals surface area contributed by atoms with Crippen LogP contribution in [0, 0.1) is 13.8 Å². The molecule has 0 saturated carbocycles. The van der Waals surface area contributed by atoms with E-state index >= 15 is 0 Å². The number of hydrogen-bond acceptors (Lipinski definition) is 10. The lowest BCUT2D eigenvalue weighted by atomic mass is 10.0. The van der Waals surface area contributed by atoms with Crippen LogP contribution < -0.4 is 29.9 Å². The SMILES string of the molecule is Cc1nc(N2CCNCC2)ccc1NS(=O)(=O)c1ccc([C@@H](C)C(F)F)cc1.Cc1nc(N2CCNCC2)ccc1NS(=O)(=O)c1ccc([C@H](C)C(F)F)cc1. The molecule has 0 spiro atoms. The number of nitrogens with zero attached hydrogens (tertiary/aromatic N) is 4. The number of aromatic nitrogens is 2. The smallest absolute Gasteiger partial charge is 0.261 e. The maximum absolute atomic E-state index is 12.8. The molecule has 0 radical (unpaired) electrons. The molecule has 2 aliphatic heterocycles. The van der Waals surface area contributed by atoms with Crippen LogP contribution in [-0.2, 0) is 20.0 Å². The molecule has 4 N–H and O–H groups in total. The summed E-state index contributed by atoms with van der Waals surface area (Å²) in [6, 6.07) is 18.0. The van der Waals surface area contributed by atoms with Gasteiger partial charge in [0.15, 0.2) is 0 Å². The molecular formula is C38H48F4N8O4S2. The molecule has 2 aliphatic rings. The quantitative estimate of drug-likeness (QED) is 0.127. The maximum Gasteiger partial charge on any atom is 0.261 e. The lowest BCUT2D eigenvalue weighted by Crippen LogP contribution is -2.43. The minimum Gasteiger partial charge on any atom is -0.354 e. The summed E-state index contributed by atoms with van der Waals surface area (Å²) in [7, 11) is -7.67. The number of rotatable bonds is 12. The molecule has 304 valence electrons. The fourth-order valence-electron chi connectivity index (χ4n) is 6.05. The number of hydrogen-bond donors (Lipinski definition) is 4. The van der Waals surface area contributed by atoms with Crippen molar-refractivity contribution in [1.29, 1.82) is 0 Å². The van der Waals surface area contributed by atoms with Crippen LogP contribution in [0.4, 0.5) is 40.6 Å². The van der Waals surface area contributed by atoms with Crippen molar-refractivity contribution in [1.82, 2.24) is 20.6 Å². The van der Waals surface area contributed by atoms with Gasteiger partial charge in [-0.15, -0.1) is 0 Å². The molecular weight excluding hydrogens is 773 g/mol. The summed E-state index contributed by atoms with van der Waals surface area (Å²) in [4.78, 5) is 13.4. The zero-order valence-corrected chi connectivity index (χ0v) is 33.3. The van der Waals surface area contributed by atoms with Crippen molar-refractivity contribution in [3.05, 3.63) is 95.3 Å². The van der Waals surface area contributed by atoms with E-state index in [2.05, 4.69) is 39.8 Å². The number of aryl methyl sites for hydroxylation is 2. The molecule has 6 rings (SSSR count). The minimum absolute atomic E-state index is 0.0169. The Kier molecular flexibility index (Phi) is 14.2. The summed E-state index contributed by atoms with van der Waals surface area (Å²) >= 11 is 0. The Morgan fingerprint density at radius 1 is 0.554 bits per heavy atom. The summed E-state index contributed by atoms with van der Waals surface area (Å²) in [5, 5.41) is 6.55. The molecule has 4 aromatic rings. The fraction of sp³-hybridized carbons (Fsp3) is 0.421. The van der Waals surface area contributed by atoms with E-state index in [0.717, 1.165) is 64.0 Å². The number of anilines is 4. The Labute approximate surface area is 326 Å². The van der Waals surface area contributed by atoms with Gasteiger partial charge in [-0.05, 0) is 73.5 Å². The van der Waals surface area contributed by atoms with E-state index in [9.17, 15) is 34.4 Å². The second-order valence-corrected chi connectivity index (χ2v) is 17.0. The largest absolute Gasteiger partial charge is 0.354 e. The van der Waals surface area contributed by atoms with Crippen LogP contribution in [0.1, 0.15) is 48.2 Å². The van der Waals surface area contributed by atoms with Crippen LogP contribution in [0.25, 0.3) is 0 Å². The number of benzene rings is 2. The summed E-state index contributed by atoms with van der Waals surface area (Å²) in [5.41, 5.74) is 2.72. The van der Waals surface area contributed by atoms with E-state index in [1.165, 1.54) is 62.4 Å². The van der Waals surface area contributed by atoms with Crippen molar-refractivity contribution in [2.75, 3.05) is 71.6 Å². The third kappa shape index (κ3) is 10.9. The minimum atomic E-state index is -3.84. The average Bonchev–Trinajstić information content (AvgIpc) is 3.19. The van der Waals surface area contributed by atoms with Gasteiger partial charge in [-0.1, -0.05) is 38.1 Å². The van der Waals surface area contributed by atoms with Crippen LogP contribution in [0.2, 0.25) is 0 Å². The maximum atomic E-state index is 12.8. The van der Waals surface area contributed by atoms with E-state index in [4.69, 9.17) is 0 Å². The Hall–Kier alpha value is -4.52. The van der Waals surface area contributed by atoms with Crippen LogP contribution in [-0.4, -0.2) is 92.0 Å². The highest BCUT2D eigenvalue weighted by Gasteiger charge is 2.22. The predicted molar refractivity (Wildman–Crippen MR) is 211 cm³/mol. The van der Waals surface area contributed by atoms with Gasteiger partial charge in [0.05, 0.1) is 32.6 Å². The van der Waals surface area contributed by atoms with Gasteiger partial charge in [0.2, 0.25) is 12.9 Å². The lowest BCUT2D eigenvalue weighted by Gasteiger charge is -2.28. The monoisotopic (exact) mass is 820 g/mol. The molecule has 2 aromatic heterocycles. The third-order valence-corrected chi connectivity index (χ3v) is 12.5. The van der Waals surface area contributed by atoms with Crippen molar-refractivity contribution >= 4 is 43.1 Å². The molecule has 2 fully saturated rings. The van der Waals surface area contributed by atoms with E-state index in [1.807, 2.05) is 0 Å². The van der Waals surface area contributed by atoms with Crippen molar-refractivity contribution < 1.29 is 34.4 Å². The number of sulfonamides is 2. The zero-order valence-electron chi connectivity index (χ0n) is 31.6.